The topological polar surface area (TPSA) is 90.5 Å². The number of carbonyl (C=O) groups is 2. The third kappa shape index (κ3) is 4.94. The highest BCUT2D eigenvalue weighted by Gasteiger charge is 2.33. The summed E-state index contributed by atoms with van der Waals surface area (Å²) in [6.07, 6.45) is 0. The van der Waals surface area contributed by atoms with Crippen molar-refractivity contribution in [2.75, 3.05) is 31.5 Å². The molecule has 1 fully saturated rings. The predicted molar refractivity (Wildman–Crippen MR) is 136 cm³/mol. The molecule has 2 aliphatic heterocycles. The number of aromatic nitrogens is 2. The van der Waals surface area contributed by atoms with Gasteiger partial charge in [0.1, 0.15) is 17.7 Å². The zero-order chi connectivity index (χ0) is 24.5. The van der Waals surface area contributed by atoms with Crippen molar-refractivity contribution in [1.29, 1.82) is 0 Å². The quantitative estimate of drug-likeness (QED) is 0.571. The minimum atomic E-state index is -0.444. The number of benzene rings is 2. The number of nitrogens with one attached hydrogen (secondary N) is 2. The van der Waals surface area contributed by atoms with Crippen LogP contribution < -0.4 is 10.6 Å². The van der Waals surface area contributed by atoms with Crippen LogP contribution in [0.25, 0.3) is 10.9 Å². The molecule has 0 saturated carbocycles. The zero-order valence-electron chi connectivity index (χ0n) is 19.9. The minimum Gasteiger partial charge on any atom is -0.358 e. The molecule has 0 radical (unpaired) electrons. The monoisotopic (exact) mass is 492 g/mol. The van der Waals surface area contributed by atoms with Crippen LogP contribution in [0, 0.1) is 5.92 Å². The van der Waals surface area contributed by atoms with Crippen molar-refractivity contribution in [3.63, 3.8) is 0 Å². The van der Waals surface area contributed by atoms with Crippen molar-refractivity contribution in [3.05, 3.63) is 64.9 Å². The Balaban J connectivity index is 1.46. The molecule has 182 valence electrons. The van der Waals surface area contributed by atoms with E-state index in [4.69, 9.17) is 21.6 Å². The van der Waals surface area contributed by atoms with Gasteiger partial charge in [0, 0.05) is 48.2 Å². The Labute approximate surface area is 209 Å². The Morgan fingerprint density at radius 3 is 2.74 bits per heavy atom. The maximum Gasteiger partial charge on any atom is 0.254 e. The van der Waals surface area contributed by atoms with Gasteiger partial charge in [-0.3, -0.25) is 14.5 Å². The fourth-order valence-corrected chi connectivity index (χ4v) is 4.97. The van der Waals surface area contributed by atoms with Crippen LogP contribution in [0.1, 0.15) is 30.0 Å². The van der Waals surface area contributed by atoms with Crippen molar-refractivity contribution in [1.82, 2.24) is 25.1 Å². The smallest absolute Gasteiger partial charge is 0.254 e. The van der Waals surface area contributed by atoms with E-state index in [0.29, 0.717) is 55.0 Å². The van der Waals surface area contributed by atoms with E-state index in [1.54, 1.807) is 24.3 Å². The number of nitrogens with zero attached hydrogens (tertiary/aromatic N) is 4. The number of fused-ring (bicyclic) bond motifs is 5. The highest BCUT2D eigenvalue weighted by atomic mass is 35.5. The molecule has 2 N–H and O–H groups in total. The second-order valence-electron chi connectivity index (χ2n) is 9.50. The lowest BCUT2D eigenvalue weighted by Gasteiger charge is -2.41. The van der Waals surface area contributed by atoms with Crippen molar-refractivity contribution < 1.29 is 9.59 Å². The largest absolute Gasteiger partial charge is 0.358 e. The molecule has 2 bridgehead atoms. The third-order valence-corrected chi connectivity index (χ3v) is 6.95. The molecule has 2 aliphatic rings. The molecule has 1 saturated heterocycles. The molecule has 2 aromatic carbocycles. The fraction of sp³-hybridized carbons (Fsp3) is 0.385. The first-order chi connectivity index (χ1) is 16.9. The summed E-state index contributed by atoms with van der Waals surface area (Å²) in [7, 11) is 0. The Hall–Kier alpha value is -3.23. The van der Waals surface area contributed by atoms with Gasteiger partial charge >= 0.3 is 0 Å². The molecule has 2 amide bonds. The molecule has 9 heteroatoms. The number of amides is 2. The van der Waals surface area contributed by atoms with Gasteiger partial charge in [-0.2, -0.15) is 0 Å². The molecular weight excluding hydrogens is 464 g/mol. The van der Waals surface area contributed by atoms with Crippen molar-refractivity contribution >= 4 is 40.1 Å². The van der Waals surface area contributed by atoms with Crippen LogP contribution in [0.5, 0.6) is 0 Å². The zero-order valence-corrected chi connectivity index (χ0v) is 20.6. The molecule has 3 heterocycles. The first kappa shape index (κ1) is 23.5. The molecular formula is C26H29ClN6O2. The lowest BCUT2D eigenvalue weighted by molar-refractivity contribution is -0.123. The number of hydrogen-bond acceptors (Lipinski definition) is 6. The second-order valence-corrected chi connectivity index (χ2v) is 9.94. The predicted octanol–water partition coefficient (Wildman–Crippen LogP) is 3.18. The van der Waals surface area contributed by atoms with Crippen LogP contribution in [0.3, 0.4) is 0 Å². The number of carbonyl (C=O) groups excluding carboxylic acids is 2. The number of piperazine rings is 1. The van der Waals surface area contributed by atoms with E-state index in [2.05, 4.69) is 15.5 Å². The summed E-state index contributed by atoms with van der Waals surface area (Å²) in [5.74, 6) is 1.29. The Kier molecular flexibility index (Phi) is 6.58. The summed E-state index contributed by atoms with van der Waals surface area (Å²) >= 11 is 6.11. The molecule has 5 rings (SSSR count). The van der Waals surface area contributed by atoms with Crippen LogP contribution in [0.15, 0.2) is 48.5 Å². The third-order valence-electron chi connectivity index (χ3n) is 6.71. The number of rotatable bonds is 2. The lowest BCUT2D eigenvalue weighted by Crippen LogP contribution is -2.58. The summed E-state index contributed by atoms with van der Waals surface area (Å²) in [4.78, 5) is 40.1. The van der Waals surface area contributed by atoms with Crippen molar-refractivity contribution in [3.8, 4) is 0 Å². The van der Waals surface area contributed by atoms with E-state index in [-0.39, 0.29) is 23.8 Å². The Morgan fingerprint density at radius 2 is 1.94 bits per heavy atom. The van der Waals surface area contributed by atoms with Gasteiger partial charge in [-0.1, -0.05) is 43.6 Å². The first-order valence-corrected chi connectivity index (χ1v) is 12.4. The lowest BCUT2D eigenvalue weighted by atomic mass is 10.0. The number of hydrogen-bond donors (Lipinski definition) is 2. The van der Waals surface area contributed by atoms with Gasteiger partial charge in [0.05, 0.1) is 12.1 Å². The van der Waals surface area contributed by atoms with Crippen LogP contribution in [0.4, 0.5) is 5.82 Å². The van der Waals surface area contributed by atoms with Gasteiger partial charge in [0.15, 0.2) is 0 Å². The Morgan fingerprint density at radius 1 is 1.11 bits per heavy atom. The van der Waals surface area contributed by atoms with E-state index < -0.39 is 6.04 Å². The summed E-state index contributed by atoms with van der Waals surface area (Å²) in [6.45, 7) is 6.71. The number of anilines is 1. The molecule has 0 spiro atoms. The molecule has 8 nitrogen and oxygen atoms in total. The molecule has 2 atom stereocenters. The van der Waals surface area contributed by atoms with Gasteiger partial charge in [-0.25, -0.2) is 9.97 Å². The second kappa shape index (κ2) is 9.79. The maximum absolute atomic E-state index is 13.2. The van der Waals surface area contributed by atoms with E-state index in [1.165, 1.54) is 0 Å². The normalized spacial score (nSPS) is 21.1. The summed E-state index contributed by atoms with van der Waals surface area (Å²) in [6, 6.07) is 14.3. The molecule has 0 aliphatic carbocycles. The maximum atomic E-state index is 13.2. The highest BCUT2D eigenvalue weighted by molar-refractivity contribution is 6.30. The summed E-state index contributed by atoms with van der Waals surface area (Å²) in [5, 5.41) is 7.94. The molecule has 35 heavy (non-hydrogen) atoms. The van der Waals surface area contributed by atoms with Gasteiger partial charge in [0.2, 0.25) is 5.91 Å². The van der Waals surface area contributed by atoms with Crippen LogP contribution in [-0.2, 0) is 11.3 Å². The van der Waals surface area contributed by atoms with Gasteiger partial charge in [-0.15, -0.1) is 0 Å². The molecule has 3 aromatic rings. The van der Waals surface area contributed by atoms with Gasteiger partial charge in [-0.05, 0) is 36.2 Å². The number of para-hydroxylation sites is 1. The average Bonchev–Trinajstić information content (AvgIpc) is 2.87. The average molecular weight is 493 g/mol. The van der Waals surface area contributed by atoms with Crippen LogP contribution in [0.2, 0.25) is 5.02 Å². The fourth-order valence-electron chi connectivity index (χ4n) is 4.78. The Bertz CT molecular complexity index is 1270. The van der Waals surface area contributed by atoms with Crippen molar-refractivity contribution in [2.45, 2.75) is 32.5 Å². The van der Waals surface area contributed by atoms with Gasteiger partial charge < -0.3 is 15.5 Å². The summed E-state index contributed by atoms with van der Waals surface area (Å²) in [5.41, 5.74) is 1.41. The highest BCUT2D eigenvalue weighted by Crippen LogP contribution is 2.25. The van der Waals surface area contributed by atoms with Crippen molar-refractivity contribution in [2.24, 2.45) is 5.92 Å². The van der Waals surface area contributed by atoms with E-state index in [9.17, 15) is 9.59 Å². The number of halogens is 1. The van der Waals surface area contributed by atoms with E-state index in [1.807, 2.05) is 43.0 Å². The van der Waals surface area contributed by atoms with E-state index in [0.717, 1.165) is 10.9 Å². The first-order valence-electron chi connectivity index (χ1n) is 12.0. The van der Waals surface area contributed by atoms with Gasteiger partial charge in [0.25, 0.3) is 5.91 Å². The van der Waals surface area contributed by atoms with E-state index >= 15 is 0 Å². The van der Waals surface area contributed by atoms with Crippen LogP contribution in [-0.4, -0.2) is 69.8 Å². The summed E-state index contributed by atoms with van der Waals surface area (Å²) < 4.78 is 0. The van der Waals surface area contributed by atoms with Crippen LogP contribution >= 0.6 is 11.6 Å². The molecule has 1 aromatic heterocycles. The minimum absolute atomic E-state index is 0.0521. The standard InChI is InChI=1S/C26H29ClN6O2/c1-16(2)23-25(34)28-13-19-14-33(26(35)17-6-5-7-18(27)12-17)11-10-32(19)15-22-29-21-9-4-3-8-20(21)24(30-22)31-23/h3-9,12,16,19,23H,10-11,13-15H2,1-2H3,(H,28,34)(H,29,30,31)/t19?,23-/m0/s1. The molecule has 1 unspecified atom stereocenters. The SMILES string of the molecule is CC(C)[C@@H]1Nc2nc(nc3ccccc23)CN2CCN(C(=O)c3cccc(Cl)c3)CC2CNC1=O.